The van der Waals surface area contributed by atoms with Gasteiger partial charge in [-0.2, -0.15) is 0 Å². The molecule has 5 nitrogen and oxygen atoms in total. The van der Waals surface area contributed by atoms with Crippen molar-refractivity contribution in [3.63, 3.8) is 0 Å². The van der Waals surface area contributed by atoms with Gasteiger partial charge < -0.3 is 10.2 Å². The van der Waals surface area contributed by atoms with Crippen LogP contribution >= 0.6 is 11.3 Å². The summed E-state index contributed by atoms with van der Waals surface area (Å²) in [6.45, 7) is 8.56. The number of likely N-dealkylation sites (N-methyl/N-ethyl adjacent to an activating group) is 1. The molecule has 136 valence electrons. The molecule has 0 bridgehead atoms. The van der Waals surface area contributed by atoms with E-state index in [0.717, 1.165) is 55.3 Å². The summed E-state index contributed by atoms with van der Waals surface area (Å²) >= 11 is 1.71. The van der Waals surface area contributed by atoms with Crippen molar-refractivity contribution in [3.8, 4) is 0 Å². The fourth-order valence-electron chi connectivity index (χ4n) is 3.33. The van der Waals surface area contributed by atoms with E-state index < -0.39 is 0 Å². The number of benzene rings is 1. The largest absolute Gasteiger partial charge is 0.365 e. The van der Waals surface area contributed by atoms with Crippen LogP contribution in [-0.2, 0) is 13.1 Å². The second-order valence-corrected chi connectivity index (χ2v) is 8.28. The predicted molar refractivity (Wildman–Crippen MR) is 109 cm³/mol. The van der Waals surface area contributed by atoms with E-state index in [1.807, 2.05) is 0 Å². The molecule has 1 N–H and O–H groups in total. The van der Waals surface area contributed by atoms with E-state index in [-0.39, 0.29) is 0 Å². The molecule has 4 rings (SSSR count). The van der Waals surface area contributed by atoms with Crippen molar-refractivity contribution in [1.82, 2.24) is 19.8 Å². The number of hydrogen-bond acceptors (Lipinski definition) is 6. The van der Waals surface area contributed by atoms with Crippen molar-refractivity contribution < 1.29 is 0 Å². The smallest absolute Gasteiger partial charge is 0.138 e. The van der Waals surface area contributed by atoms with Gasteiger partial charge in [0.25, 0.3) is 0 Å². The minimum atomic E-state index is 0.774. The molecule has 1 aliphatic heterocycles. The summed E-state index contributed by atoms with van der Waals surface area (Å²) in [6.07, 6.45) is 1.64. The SMILES string of the molecule is Cc1cc2c(NCc3ccc(CN4CCN(C)CC4)cc3)ncnc2s1. The lowest BCUT2D eigenvalue weighted by Crippen LogP contribution is -2.43. The summed E-state index contributed by atoms with van der Waals surface area (Å²) in [5.41, 5.74) is 2.65. The van der Waals surface area contributed by atoms with Crippen molar-refractivity contribution in [1.29, 1.82) is 0 Å². The number of thiophene rings is 1. The Kier molecular flexibility index (Phi) is 5.15. The highest BCUT2D eigenvalue weighted by Crippen LogP contribution is 2.27. The van der Waals surface area contributed by atoms with Gasteiger partial charge in [0, 0.05) is 44.1 Å². The molecule has 1 saturated heterocycles. The van der Waals surface area contributed by atoms with E-state index in [2.05, 4.69) is 69.4 Å². The molecule has 0 atom stereocenters. The average Bonchev–Trinajstić information content (AvgIpc) is 3.04. The van der Waals surface area contributed by atoms with Gasteiger partial charge in [0.2, 0.25) is 0 Å². The number of hydrogen-bond donors (Lipinski definition) is 1. The Hall–Kier alpha value is -2.02. The van der Waals surface area contributed by atoms with Crippen molar-refractivity contribution in [2.75, 3.05) is 38.5 Å². The normalized spacial score (nSPS) is 16.2. The maximum Gasteiger partial charge on any atom is 0.138 e. The van der Waals surface area contributed by atoms with Crippen LogP contribution in [0.3, 0.4) is 0 Å². The van der Waals surface area contributed by atoms with E-state index in [9.17, 15) is 0 Å². The average molecular weight is 368 g/mol. The lowest BCUT2D eigenvalue weighted by atomic mass is 10.1. The second-order valence-electron chi connectivity index (χ2n) is 7.05. The molecule has 0 saturated carbocycles. The molecule has 0 aliphatic carbocycles. The van der Waals surface area contributed by atoms with E-state index in [0.29, 0.717) is 0 Å². The van der Waals surface area contributed by atoms with Crippen molar-refractivity contribution in [2.24, 2.45) is 0 Å². The summed E-state index contributed by atoms with van der Waals surface area (Å²) in [4.78, 5) is 16.0. The fraction of sp³-hybridized carbons (Fsp3) is 0.400. The Balaban J connectivity index is 1.36. The number of piperazine rings is 1. The molecule has 26 heavy (non-hydrogen) atoms. The van der Waals surface area contributed by atoms with Crippen LogP contribution in [0.5, 0.6) is 0 Å². The Morgan fingerprint density at radius 1 is 1.04 bits per heavy atom. The van der Waals surface area contributed by atoms with Gasteiger partial charge in [-0.15, -0.1) is 11.3 Å². The first kappa shape index (κ1) is 17.4. The van der Waals surface area contributed by atoms with E-state index in [4.69, 9.17) is 0 Å². The molecule has 0 radical (unpaired) electrons. The lowest BCUT2D eigenvalue weighted by molar-refractivity contribution is 0.148. The van der Waals surface area contributed by atoms with Gasteiger partial charge in [-0.3, -0.25) is 4.90 Å². The summed E-state index contributed by atoms with van der Waals surface area (Å²) in [7, 11) is 2.20. The van der Waals surface area contributed by atoms with E-state index in [1.165, 1.54) is 16.0 Å². The van der Waals surface area contributed by atoms with Crippen LogP contribution in [0, 0.1) is 6.92 Å². The molecule has 1 aliphatic rings. The quantitative estimate of drug-likeness (QED) is 0.749. The Labute approximate surface area is 158 Å². The van der Waals surface area contributed by atoms with Crippen molar-refractivity contribution in [3.05, 3.63) is 52.7 Å². The summed E-state index contributed by atoms with van der Waals surface area (Å²) in [5, 5.41) is 4.58. The Bertz CT molecular complexity index is 866. The van der Waals surface area contributed by atoms with Gasteiger partial charge in [0.15, 0.2) is 0 Å². The fourth-order valence-corrected chi connectivity index (χ4v) is 4.18. The van der Waals surface area contributed by atoms with Crippen LogP contribution < -0.4 is 5.32 Å². The van der Waals surface area contributed by atoms with Crippen molar-refractivity contribution >= 4 is 27.4 Å². The van der Waals surface area contributed by atoms with Crippen LogP contribution in [0.15, 0.2) is 36.7 Å². The Morgan fingerprint density at radius 3 is 2.54 bits per heavy atom. The lowest BCUT2D eigenvalue weighted by Gasteiger charge is -2.32. The molecular weight excluding hydrogens is 342 g/mol. The number of nitrogens with zero attached hydrogens (tertiary/aromatic N) is 4. The molecular formula is C20H25N5S. The number of aromatic nitrogens is 2. The highest BCUT2D eigenvalue weighted by Gasteiger charge is 2.13. The Morgan fingerprint density at radius 2 is 1.77 bits per heavy atom. The second kappa shape index (κ2) is 7.70. The predicted octanol–water partition coefficient (Wildman–Crippen LogP) is 3.36. The number of nitrogens with one attached hydrogen (secondary N) is 1. The molecule has 1 fully saturated rings. The van der Waals surface area contributed by atoms with E-state index >= 15 is 0 Å². The highest BCUT2D eigenvalue weighted by molar-refractivity contribution is 7.18. The zero-order valence-electron chi connectivity index (χ0n) is 15.4. The molecule has 2 aromatic heterocycles. The third kappa shape index (κ3) is 4.03. The number of rotatable bonds is 5. The van der Waals surface area contributed by atoms with Crippen LogP contribution in [-0.4, -0.2) is 53.0 Å². The third-order valence-electron chi connectivity index (χ3n) is 4.94. The first-order valence-electron chi connectivity index (χ1n) is 9.11. The monoisotopic (exact) mass is 367 g/mol. The van der Waals surface area contributed by atoms with Gasteiger partial charge in [-0.05, 0) is 31.2 Å². The number of aryl methyl sites for hydroxylation is 1. The molecule has 3 heterocycles. The molecule has 1 aromatic carbocycles. The first-order chi connectivity index (χ1) is 12.7. The van der Waals surface area contributed by atoms with Gasteiger partial charge in [0.05, 0.1) is 5.39 Å². The molecule has 3 aromatic rings. The van der Waals surface area contributed by atoms with Crippen LogP contribution in [0.25, 0.3) is 10.2 Å². The molecule has 0 unspecified atom stereocenters. The van der Waals surface area contributed by atoms with Gasteiger partial charge in [-0.25, -0.2) is 9.97 Å². The summed E-state index contributed by atoms with van der Waals surface area (Å²) in [6, 6.07) is 11.1. The minimum Gasteiger partial charge on any atom is -0.365 e. The van der Waals surface area contributed by atoms with Gasteiger partial charge in [0.1, 0.15) is 17.0 Å². The maximum atomic E-state index is 4.41. The van der Waals surface area contributed by atoms with Crippen LogP contribution in [0.1, 0.15) is 16.0 Å². The summed E-state index contributed by atoms with van der Waals surface area (Å²) < 4.78 is 0. The number of anilines is 1. The number of fused-ring (bicyclic) bond motifs is 1. The standard InChI is InChI=1S/C20H25N5S/c1-15-11-18-19(22-14-23-20(18)26-15)21-12-16-3-5-17(6-4-16)13-25-9-7-24(2)8-10-25/h3-6,11,14H,7-10,12-13H2,1-2H3,(H,21,22,23). The molecule has 0 spiro atoms. The zero-order valence-corrected chi connectivity index (χ0v) is 16.2. The maximum absolute atomic E-state index is 4.41. The third-order valence-corrected chi connectivity index (χ3v) is 5.90. The minimum absolute atomic E-state index is 0.774. The molecule has 0 amide bonds. The summed E-state index contributed by atoms with van der Waals surface area (Å²) in [5.74, 6) is 0.917. The van der Waals surface area contributed by atoms with Gasteiger partial charge >= 0.3 is 0 Å². The van der Waals surface area contributed by atoms with Crippen molar-refractivity contribution in [2.45, 2.75) is 20.0 Å². The highest BCUT2D eigenvalue weighted by atomic mass is 32.1. The topological polar surface area (TPSA) is 44.3 Å². The van der Waals surface area contributed by atoms with Crippen LogP contribution in [0.2, 0.25) is 0 Å². The van der Waals surface area contributed by atoms with Crippen LogP contribution in [0.4, 0.5) is 5.82 Å². The van der Waals surface area contributed by atoms with Gasteiger partial charge in [-0.1, -0.05) is 24.3 Å². The molecule has 6 heteroatoms. The zero-order chi connectivity index (χ0) is 17.9. The van der Waals surface area contributed by atoms with E-state index in [1.54, 1.807) is 17.7 Å². The first-order valence-corrected chi connectivity index (χ1v) is 9.93.